The van der Waals surface area contributed by atoms with Crippen molar-refractivity contribution in [3.05, 3.63) is 0 Å². The van der Waals surface area contributed by atoms with Crippen LogP contribution in [-0.2, 0) is 20.1 Å². The second-order valence-electron chi connectivity index (χ2n) is 0.600. The van der Waals surface area contributed by atoms with Gasteiger partial charge in [0.1, 0.15) is 0 Å². The molecule has 41 valence electrons. The van der Waals surface area contributed by atoms with Crippen LogP contribution in [0.15, 0.2) is 0 Å². The van der Waals surface area contributed by atoms with Crippen molar-refractivity contribution in [1.82, 2.24) is 0 Å². The topological polar surface area (TPSA) is 80.9 Å². The fraction of sp³-hybridized carbons (Fsp3) is 0. The van der Waals surface area contributed by atoms with Gasteiger partial charge in [-0.3, -0.25) is 0 Å². The number of hydrogen-bond acceptors (Lipinski definition) is 4. The molecule has 1 radical (unpaired) electrons. The van der Waals surface area contributed by atoms with E-state index in [1.54, 1.807) is 0 Å². The van der Waals surface area contributed by atoms with E-state index in [2.05, 4.69) is 0 Å². The Morgan fingerprint density at radius 1 is 0.833 bits per heavy atom. The predicted octanol–water partition coefficient (Wildman–Crippen LogP) is -2.61. The van der Waals surface area contributed by atoms with Crippen molar-refractivity contribution in [3.63, 3.8) is 0 Å². The maximum Gasteiger partial charge on any atom is 0.668 e. The molecule has 0 spiro atoms. The summed E-state index contributed by atoms with van der Waals surface area (Å²) in [6.07, 6.45) is 0. The van der Waals surface area contributed by atoms with E-state index in [9.17, 15) is 0 Å². The minimum Gasteiger partial charge on any atom is -0.368 e. The van der Waals surface area contributed by atoms with Gasteiger partial charge in [0, 0.05) is 20.1 Å². The molecule has 0 atom stereocenters. The molecule has 0 aliphatic heterocycles. The van der Waals surface area contributed by atoms with E-state index in [0.29, 0.717) is 0 Å². The summed E-state index contributed by atoms with van der Waals surface area (Å²) in [5.74, 6) is 0. The molecule has 0 fully saturated rings. The van der Waals surface area contributed by atoms with Gasteiger partial charge in [0.2, 0.25) is 0 Å². The van der Waals surface area contributed by atoms with Gasteiger partial charge < -0.3 is 19.2 Å². The molecule has 0 aliphatic rings. The van der Waals surface area contributed by atoms with Crippen molar-refractivity contribution in [2.75, 3.05) is 0 Å². The van der Waals surface area contributed by atoms with Crippen molar-refractivity contribution in [1.29, 1.82) is 0 Å². The van der Waals surface area contributed by atoms with E-state index >= 15 is 0 Å². The molecule has 6 heteroatoms. The zero-order chi connectivity index (χ0) is 4.50. The summed E-state index contributed by atoms with van der Waals surface area (Å²) < 4.78 is 0. The largest absolute Gasteiger partial charge is 0.668 e. The van der Waals surface area contributed by atoms with Crippen LogP contribution in [0.3, 0.4) is 0 Å². The molecule has 0 aliphatic carbocycles. The second-order valence-corrected chi connectivity index (χ2v) is 1.80. The smallest absolute Gasteiger partial charge is 0.368 e. The third kappa shape index (κ3) is 130. The molecular weight excluding hydrogens is 284 g/mol. The molecule has 0 unspecified atom stereocenters. The maximum atomic E-state index is 7.33. The van der Waals surface area contributed by atoms with Crippen LogP contribution in [0.25, 0.3) is 0 Å². The van der Waals surface area contributed by atoms with Crippen molar-refractivity contribution < 1.29 is 39.3 Å². The van der Waals surface area contributed by atoms with Gasteiger partial charge in [-0.1, -0.05) is 0 Å². The Morgan fingerprint density at radius 3 is 0.833 bits per heavy atom. The van der Waals surface area contributed by atoms with Gasteiger partial charge in [0.15, 0.2) is 0 Å². The Hall–Kier alpha value is 0.706. The summed E-state index contributed by atoms with van der Waals surface area (Å²) in [6, 6.07) is 0. The summed E-state index contributed by atoms with van der Waals surface area (Å²) in [7, 11) is -4.61. The summed E-state index contributed by atoms with van der Waals surface area (Å²) in [5, 5.41) is 0. The van der Waals surface area contributed by atoms with Crippen LogP contribution in [0.1, 0.15) is 0 Å². The molecule has 4 N–H and O–H groups in total. The van der Waals surface area contributed by atoms with E-state index < -0.39 is 9.05 Å². The summed E-state index contributed by atoms with van der Waals surface area (Å²) in [5.41, 5.74) is 0. The van der Waals surface area contributed by atoms with Crippen LogP contribution in [0.4, 0.5) is 0 Å². The Bertz CT molecular complexity index is 23.0. The summed E-state index contributed by atoms with van der Waals surface area (Å²) >= 11 is 0. The van der Waals surface area contributed by atoms with Crippen molar-refractivity contribution >= 4 is 9.05 Å². The molecule has 0 aromatic carbocycles. The first kappa shape index (κ1) is 9.86. The molecule has 0 heterocycles. The SMILES string of the molecule is O[Si](O)(O)O.[Ir]. The van der Waals surface area contributed by atoms with Crippen LogP contribution in [0.2, 0.25) is 0 Å². The average Bonchev–Trinajstić information content (AvgIpc) is 0.722. The fourth-order valence-corrected chi connectivity index (χ4v) is 0. The third-order valence-electron chi connectivity index (χ3n) is 0. The van der Waals surface area contributed by atoms with E-state index in [4.69, 9.17) is 19.2 Å². The van der Waals surface area contributed by atoms with Gasteiger partial charge >= 0.3 is 9.05 Å². The van der Waals surface area contributed by atoms with Crippen LogP contribution in [0, 0.1) is 0 Å². The van der Waals surface area contributed by atoms with Gasteiger partial charge in [-0.05, 0) is 0 Å². The first-order chi connectivity index (χ1) is 2.00. The van der Waals surface area contributed by atoms with Gasteiger partial charge in [-0.25, -0.2) is 0 Å². The quantitative estimate of drug-likeness (QED) is 0.368. The first-order valence-electron chi connectivity index (χ1n) is 0.894. The molecule has 0 saturated heterocycles. The summed E-state index contributed by atoms with van der Waals surface area (Å²) in [6.45, 7) is 0. The normalized spacial score (nSPS) is 10.0. The van der Waals surface area contributed by atoms with E-state index in [-0.39, 0.29) is 20.1 Å². The Morgan fingerprint density at radius 2 is 0.833 bits per heavy atom. The van der Waals surface area contributed by atoms with Gasteiger partial charge in [-0.15, -0.1) is 0 Å². The standard InChI is InChI=1S/Ir.H4O4Si/c;1-5(2,3)4/h;1-4H. The Labute approximate surface area is 48.9 Å². The molecule has 0 bridgehead atoms. The number of rotatable bonds is 0. The molecule has 0 rings (SSSR count). The second kappa shape index (κ2) is 2.81. The van der Waals surface area contributed by atoms with E-state index in [1.165, 1.54) is 0 Å². The molecule has 0 saturated carbocycles. The average molecular weight is 288 g/mol. The number of hydrogen-bond donors (Lipinski definition) is 4. The Kier molecular flexibility index (Phi) is 4.62. The monoisotopic (exact) mass is 289 g/mol. The third-order valence-corrected chi connectivity index (χ3v) is 0. The fourth-order valence-electron chi connectivity index (χ4n) is 0. The van der Waals surface area contributed by atoms with Gasteiger partial charge in [0.25, 0.3) is 0 Å². The van der Waals surface area contributed by atoms with Crippen LogP contribution in [0.5, 0.6) is 0 Å². The summed E-state index contributed by atoms with van der Waals surface area (Å²) in [4.78, 5) is 29.3. The zero-order valence-corrected chi connectivity index (χ0v) is 6.02. The molecule has 0 aromatic heterocycles. The molecular formula is H4IrO4Si. The van der Waals surface area contributed by atoms with Gasteiger partial charge in [-0.2, -0.15) is 0 Å². The Balaban J connectivity index is 0. The van der Waals surface area contributed by atoms with E-state index in [1.807, 2.05) is 0 Å². The molecule has 0 aromatic rings. The molecule has 6 heavy (non-hydrogen) atoms. The predicted molar refractivity (Wildman–Crippen MR) is 14.6 cm³/mol. The minimum atomic E-state index is -4.61. The van der Waals surface area contributed by atoms with Crippen molar-refractivity contribution in [2.45, 2.75) is 0 Å². The molecule has 4 nitrogen and oxygen atoms in total. The van der Waals surface area contributed by atoms with Crippen LogP contribution in [-0.4, -0.2) is 28.2 Å². The van der Waals surface area contributed by atoms with Crippen LogP contribution < -0.4 is 0 Å². The molecule has 0 amide bonds. The zero-order valence-electron chi connectivity index (χ0n) is 2.62. The van der Waals surface area contributed by atoms with Crippen molar-refractivity contribution in [2.24, 2.45) is 0 Å². The van der Waals surface area contributed by atoms with Crippen LogP contribution >= 0.6 is 0 Å². The van der Waals surface area contributed by atoms with E-state index in [0.717, 1.165) is 0 Å². The van der Waals surface area contributed by atoms with Gasteiger partial charge in [0.05, 0.1) is 0 Å². The maximum absolute atomic E-state index is 7.33. The first-order valence-corrected chi connectivity index (χ1v) is 2.68. The minimum absolute atomic E-state index is 0. The van der Waals surface area contributed by atoms with Crippen molar-refractivity contribution in [3.8, 4) is 0 Å².